The highest BCUT2D eigenvalue weighted by molar-refractivity contribution is 5.94. The topological polar surface area (TPSA) is 71.2 Å². The van der Waals surface area contributed by atoms with E-state index in [9.17, 15) is 4.79 Å². The fraction of sp³-hybridized carbons (Fsp3) is 0.455. The van der Waals surface area contributed by atoms with Gasteiger partial charge in [-0.25, -0.2) is 0 Å². The van der Waals surface area contributed by atoms with Gasteiger partial charge in [0.15, 0.2) is 0 Å². The molecule has 1 aromatic rings. The van der Waals surface area contributed by atoms with Gasteiger partial charge in [0.2, 0.25) is 0 Å². The molecule has 2 rings (SSSR count). The van der Waals surface area contributed by atoms with Crippen molar-refractivity contribution < 1.29 is 4.79 Å². The number of pyridine rings is 1. The molecular weight excluding hydrogens is 204 g/mol. The summed E-state index contributed by atoms with van der Waals surface area (Å²) in [5, 5.41) is 3.22. The number of carbonyl (C=O) groups is 1. The summed E-state index contributed by atoms with van der Waals surface area (Å²) in [6, 6.07) is 3.51. The van der Waals surface area contributed by atoms with E-state index in [1.807, 2.05) is 4.90 Å². The van der Waals surface area contributed by atoms with Crippen LogP contribution in [-0.4, -0.2) is 42.0 Å². The van der Waals surface area contributed by atoms with E-state index in [0.29, 0.717) is 12.1 Å². The van der Waals surface area contributed by atoms with Crippen molar-refractivity contribution in [1.29, 1.82) is 0 Å². The molecule has 0 unspecified atom stereocenters. The minimum Gasteiger partial charge on any atom is -0.336 e. The third kappa shape index (κ3) is 2.37. The van der Waals surface area contributed by atoms with E-state index < -0.39 is 0 Å². The average Bonchev–Trinajstić information content (AvgIpc) is 2.39. The fourth-order valence-electron chi connectivity index (χ4n) is 1.77. The lowest BCUT2D eigenvalue weighted by molar-refractivity contribution is 0.0735. The van der Waals surface area contributed by atoms with Crippen molar-refractivity contribution in [2.45, 2.75) is 6.54 Å². The van der Waals surface area contributed by atoms with Crippen LogP contribution in [0.4, 0.5) is 0 Å². The van der Waals surface area contributed by atoms with E-state index in [1.54, 1.807) is 18.3 Å². The van der Waals surface area contributed by atoms with E-state index in [2.05, 4.69) is 10.3 Å². The molecule has 5 nitrogen and oxygen atoms in total. The van der Waals surface area contributed by atoms with Gasteiger partial charge in [-0.2, -0.15) is 0 Å². The Morgan fingerprint density at radius 2 is 2.25 bits per heavy atom. The van der Waals surface area contributed by atoms with Crippen molar-refractivity contribution in [3.8, 4) is 0 Å². The normalized spacial score (nSPS) is 16.2. The van der Waals surface area contributed by atoms with Crippen LogP contribution in [0.2, 0.25) is 0 Å². The first-order valence-electron chi connectivity index (χ1n) is 5.46. The summed E-state index contributed by atoms with van der Waals surface area (Å²) in [5.74, 6) is 0.0681. The van der Waals surface area contributed by atoms with E-state index in [0.717, 1.165) is 31.9 Å². The highest BCUT2D eigenvalue weighted by Crippen LogP contribution is 2.06. The minimum absolute atomic E-state index is 0.0681. The Hall–Kier alpha value is -1.46. The molecule has 1 aliphatic rings. The largest absolute Gasteiger partial charge is 0.336 e. The zero-order chi connectivity index (χ0) is 11.4. The Bertz CT molecular complexity index is 374. The molecule has 0 aromatic carbocycles. The molecule has 0 radical (unpaired) electrons. The number of rotatable bonds is 2. The van der Waals surface area contributed by atoms with Crippen LogP contribution in [0.5, 0.6) is 0 Å². The number of aromatic nitrogens is 1. The molecule has 1 aromatic heterocycles. The zero-order valence-corrected chi connectivity index (χ0v) is 9.15. The van der Waals surface area contributed by atoms with Crippen LogP contribution < -0.4 is 11.1 Å². The zero-order valence-electron chi connectivity index (χ0n) is 9.15. The maximum Gasteiger partial charge on any atom is 0.254 e. The number of hydrogen-bond acceptors (Lipinski definition) is 4. The molecule has 0 saturated carbocycles. The average molecular weight is 220 g/mol. The molecular formula is C11H16N4O. The molecule has 0 bridgehead atoms. The lowest BCUT2D eigenvalue weighted by atomic mass is 10.2. The predicted octanol–water partition coefficient (Wildman–Crippen LogP) is -0.414. The molecule has 16 heavy (non-hydrogen) atoms. The van der Waals surface area contributed by atoms with Crippen molar-refractivity contribution in [2.75, 3.05) is 26.2 Å². The summed E-state index contributed by atoms with van der Waals surface area (Å²) in [7, 11) is 0. The summed E-state index contributed by atoms with van der Waals surface area (Å²) < 4.78 is 0. The van der Waals surface area contributed by atoms with Gasteiger partial charge < -0.3 is 16.0 Å². The Balaban J connectivity index is 2.12. The number of nitrogens with two attached hydrogens (primary N) is 1. The predicted molar refractivity (Wildman–Crippen MR) is 60.9 cm³/mol. The number of amides is 1. The Morgan fingerprint density at radius 3 is 2.94 bits per heavy atom. The second-order valence-corrected chi connectivity index (χ2v) is 3.78. The molecule has 86 valence electrons. The summed E-state index contributed by atoms with van der Waals surface area (Å²) in [5.41, 5.74) is 6.93. The van der Waals surface area contributed by atoms with E-state index in [1.165, 1.54) is 0 Å². The molecule has 0 spiro atoms. The molecule has 0 aliphatic carbocycles. The second kappa shape index (κ2) is 5.05. The van der Waals surface area contributed by atoms with Crippen LogP contribution in [0.3, 0.4) is 0 Å². The highest BCUT2D eigenvalue weighted by atomic mass is 16.2. The van der Waals surface area contributed by atoms with Gasteiger partial charge in [-0.15, -0.1) is 0 Å². The van der Waals surface area contributed by atoms with Gasteiger partial charge in [0.25, 0.3) is 5.91 Å². The molecule has 1 aliphatic heterocycles. The third-order valence-corrected chi connectivity index (χ3v) is 2.68. The van der Waals surface area contributed by atoms with Crippen molar-refractivity contribution in [3.63, 3.8) is 0 Å². The SMILES string of the molecule is NCc1cc(C(=O)N2CCNCC2)ccn1. The number of hydrogen-bond donors (Lipinski definition) is 2. The summed E-state index contributed by atoms with van der Waals surface area (Å²) in [4.78, 5) is 18.0. The van der Waals surface area contributed by atoms with Crippen LogP contribution in [-0.2, 0) is 6.54 Å². The van der Waals surface area contributed by atoms with Crippen LogP contribution in [0.1, 0.15) is 16.1 Å². The summed E-state index contributed by atoms with van der Waals surface area (Å²) in [6.45, 7) is 3.61. The van der Waals surface area contributed by atoms with Crippen molar-refractivity contribution in [2.24, 2.45) is 5.73 Å². The van der Waals surface area contributed by atoms with Gasteiger partial charge in [0, 0.05) is 44.5 Å². The Labute approximate surface area is 94.6 Å². The smallest absolute Gasteiger partial charge is 0.254 e. The van der Waals surface area contributed by atoms with Crippen molar-refractivity contribution >= 4 is 5.91 Å². The molecule has 2 heterocycles. The standard InChI is InChI=1S/C11H16N4O/c12-8-10-7-9(1-2-14-10)11(16)15-5-3-13-4-6-15/h1-2,7,13H,3-6,8,12H2. The maximum absolute atomic E-state index is 12.1. The molecule has 1 amide bonds. The molecule has 1 saturated heterocycles. The number of nitrogens with zero attached hydrogens (tertiary/aromatic N) is 2. The molecule has 3 N–H and O–H groups in total. The van der Waals surface area contributed by atoms with E-state index in [4.69, 9.17) is 5.73 Å². The lowest BCUT2D eigenvalue weighted by Gasteiger charge is -2.27. The van der Waals surface area contributed by atoms with Gasteiger partial charge in [-0.1, -0.05) is 0 Å². The van der Waals surface area contributed by atoms with Gasteiger partial charge in [0.1, 0.15) is 0 Å². The summed E-state index contributed by atoms with van der Waals surface area (Å²) >= 11 is 0. The van der Waals surface area contributed by atoms with Crippen molar-refractivity contribution in [1.82, 2.24) is 15.2 Å². The lowest BCUT2D eigenvalue weighted by Crippen LogP contribution is -2.46. The molecule has 5 heteroatoms. The van der Waals surface area contributed by atoms with Crippen LogP contribution >= 0.6 is 0 Å². The van der Waals surface area contributed by atoms with E-state index in [-0.39, 0.29) is 5.91 Å². The highest BCUT2D eigenvalue weighted by Gasteiger charge is 2.17. The number of carbonyl (C=O) groups excluding carboxylic acids is 1. The van der Waals surface area contributed by atoms with E-state index >= 15 is 0 Å². The fourth-order valence-corrected chi connectivity index (χ4v) is 1.77. The Morgan fingerprint density at radius 1 is 1.50 bits per heavy atom. The number of piperazine rings is 1. The molecule has 0 atom stereocenters. The molecule has 1 fully saturated rings. The van der Waals surface area contributed by atoms with Gasteiger partial charge in [0.05, 0.1) is 5.69 Å². The maximum atomic E-state index is 12.1. The monoisotopic (exact) mass is 220 g/mol. The van der Waals surface area contributed by atoms with Gasteiger partial charge in [-0.3, -0.25) is 9.78 Å². The second-order valence-electron chi connectivity index (χ2n) is 3.78. The summed E-state index contributed by atoms with van der Waals surface area (Å²) in [6.07, 6.45) is 1.64. The first-order chi connectivity index (χ1) is 7.81. The van der Waals surface area contributed by atoms with Crippen LogP contribution in [0.25, 0.3) is 0 Å². The van der Waals surface area contributed by atoms with Gasteiger partial charge in [-0.05, 0) is 12.1 Å². The third-order valence-electron chi connectivity index (χ3n) is 2.68. The minimum atomic E-state index is 0.0681. The number of nitrogens with one attached hydrogen (secondary N) is 1. The first kappa shape index (κ1) is 11.0. The Kier molecular flexibility index (Phi) is 3.48. The first-order valence-corrected chi connectivity index (χ1v) is 5.46. The quantitative estimate of drug-likeness (QED) is 0.710. The van der Waals surface area contributed by atoms with Crippen LogP contribution in [0, 0.1) is 0 Å². The van der Waals surface area contributed by atoms with Crippen LogP contribution in [0.15, 0.2) is 18.3 Å². The van der Waals surface area contributed by atoms with Crippen molar-refractivity contribution in [3.05, 3.63) is 29.6 Å². The van der Waals surface area contributed by atoms with Gasteiger partial charge >= 0.3 is 0 Å².